The molecule has 100 valence electrons. The second-order valence-electron chi connectivity index (χ2n) is 3.84. The summed E-state index contributed by atoms with van der Waals surface area (Å²) in [5.41, 5.74) is 0.668. The Labute approximate surface area is 119 Å². The van der Waals surface area contributed by atoms with E-state index in [1.54, 1.807) is 38.2 Å². The van der Waals surface area contributed by atoms with Gasteiger partial charge in [0, 0.05) is 17.8 Å². The predicted molar refractivity (Wildman–Crippen MR) is 74.2 cm³/mol. The summed E-state index contributed by atoms with van der Waals surface area (Å²) >= 11 is 7.15. The highest BCUT2D eigenvalue weighted by Gasteiger charge is 2.17. The molecule has 0 unspecified atom stereocenters. The second kappa shape index (κ2) is 6.03. The fourth-order valence-electron chi connectivity index (χ4n) is 1.34. The first-order valence-electron chi connectivity index (χ1n) is 5.51. The van der Waals surface area contributed by atoms with Crippen molar-refractivity contribution in [2.24, 2.45) is 7.05 Å². The molecule has 1 heterocycles. The minimum absolute atomic E-state index is 0.129. The van der Waals surface area contributed by atoms with Crippen molar-refractivity contribution in [3.8, 4) is 0 Å². The summed E-state index contributed by atoms with van der Waals surface area (Å²) in [5, 5.41) is 14.7. The standard InChI is InChI=1S/C11H12ClN5OS/c1-7(19-11-14-15-16-17(11)2)10(18)13-9-5-3-4-8(12)6-9/h3-7H,1-2H3,(H,13,18)/t7-/m0/s1. The van der Waals surface area contributed by atoms with Gasteiger partial charge < -0.3 is 5.32 Å². The SMILES string of the molecule is C[C@H](Sc1nnnn1C)C(=O)Nc1cccc(Cl)c1. The van der Waals surface area contributed by atoms with Crippen molar-refractivity contribution in [3.63, 3.8) is 0 Å². The largest absolute Gasteiger partial charge is 0.325 e. The second-order valence-corrected chi connectivity index (χ2v) is 5.59. The van der Waals surface area contributed by atoms with Gasteiger partial charge in [0.25, 0.3) is 0 Å². The minimum Gasteiger partial charge on any atom is -0.325 e. The van der Waals surface area contributed by atoms with Crippen molar-refractivity contribution >= 4 is 35.0 Å². The number of rotatable bonds is 4. The van der Waals surface area contributed by atoms with Crippen LogP contribution in [0.3, 0.4) is 0 Å². The van der Waals surface area contributed by atoms with Gasteiger partial charge >= 0.3 is 0 Å². The maximum absolute atomic E-state index is 12.0. The third-order valence-corrected chi connectivity index (χ3v) is 3.68. The van der Waals surface area contributed by atoms with Gasteiger partial charge in [-0.1, -0.05) is 29.4 Å². The van der Waals surface area contributed by atoms with E-state index < -0.39 is 0 Å². The van der Waals surface area contributed by atoms with Crippen molar-refractivity contribution in [1.29, 1.82) is 0 Å². The molecule has 1 N–H and O–H groups in total. The van der Waals surface area contributed by atoms with E-state index >= 15 is 0 Å². The summed E-state index contributed by atoms with van der Waals surface area (Å²) in [6.07, 6.45) is 0. The first-order chi connectivity index (χ1) is 9.06. The molecule has 0 radical (unpaired) electrons. The molecule has 0 saturated heterocycles. The van der Waals surface area contributed by atoms with Gasteiger partial charge in [0.05, 0.1) is 5.25 Å². The third-order valence-electron chi connectivity index (χ3n) is 2.32. The molecule has 1 aromatic carbocycles. The van der Waals surface area contributed by atoms with E-state index in [4.69, 9.17) is 11.6 Å². The summed E-state index contributed by atoms with van der Waals surface area (Å²) < 4.78 is 1.52. The molecule has 0 fully saturated rings. The molecule has 0 aliphatic carbocycles. The van der Waals surface area contributed by atoms with Crippen LogP contribution < -0.4 is 5.32 Å². The van der Waals surface area contributed by atoms with Crippen molar-refractivity contribution in [2.45, 2.75) is 17.3 Å². The Morgan fingerprint density at radius 3 is 2.95 bits per heavy atom. The third kappa shape index (κ3) is 3.68. The van der Waals surface area contributed by atoms with Crippen LogP contribution in [0.1, 0.15) is 6.92 Å². The number of hydrogen-bond donors (Lipinski definition) is 1. The molecule has 8 heteroatoms. The molecule has 1 atom stereocenters. The number of aryl methyl sites for hydroxylation is 1. The number of carbonyl (C=O) groups is 1. The first kappa shape index (κ1) is 13.8. The molecule has 1 aromatic heterocycles. The van der Waals surface area contributed by atoms with Crippen LogP contribution in [0.25, 0.3) is 0 Å². The molecule has 0 aliphatic heterocycles. The number of anilines is 1. The van der Waals surface area contributed by atoms with Gasteiger partial charge in [0.1, 0.15) is 0 Å². The van der Waals surface area contributed by atoms with Crippen LogP contribution in [0.15, 0.2) is 29.4 Å². The lowest BCUT2D eigenvalue weighted by atomic mass is 10.3. The molecular weight excluding hydrogens is 286 g/mol. The van der Waals surface area contributed by atoms with E-state index in [2.05, 4.69) is 20.8 Å². The van der Waals surface area contributed by atoms with Crippen LogP contribution in [0, 0.1) is 0 Å². The van der Waals surface area contributed by atoms with Gasteiger partial charge in [-0.25, -0.2) is 4.68 Å². The Morgan fingerprint density at radius 1 is 1.53 bits per heavy atom. The van der Waals surface area contributed by atoms with Crippen LogP contribution in [-0.2, 0) is 11.8 Å². The lowest BCUT2D eigenvalue weighted by molar-refractivity contribution is -0.115. The average Bonchev–Trinajstić information content (AvgIpc) is 2.75. The molecular formula is C11H12ClN5OS. The highest BCUT2D eigenvalue weighted by molar-refractivity contribution is 8.00. The summed E-state index contributed by atoms with van der Waals surface area (Å²) in [4.78, 5) is 12.0. The van der Waals surface area contributed by atoms with E-state index in [0.717, 1.165) is 0 Å². The zero-order chi connectivity index (χ0) is 13.8. The smallest absolute Gasteiger partial charge is 0.237 e. The number of aromatic nitrogens is 4. The highest BCUT2D eigenvalue weighted by atomic mass is 35.5. The number of nitrogens with zero attached hydrogens (tertiary/aromatic N) is 4. The van der Waals surface area contributed by atoms with Gasteiger partial charge in [-0.15, -0.1) is 5.10 Å². The molecule has 0 spiro atoms. The number of hydrogen-bond acceptors (Lipinski definition) is 5. The Balaban J connectivity index is 1.98. The predicted octanol–water partition coefficient (Wildman–Crippen LogP) is 1.98. The lowest BCUT2D eigenvalue weighted by Gasteiger charge is -2.10. The Hall–Kier alpha value is -1.60. The van der Waals surface area contributed by atoms with E-state index in [1.807, 2.05) is 0 Å². The molecule has 1 amide bonds. The quantitative estimate of drug-likeness (QED) is 0.874. The Kier molecular flexibility index (Phi) is 4.39. The van der Waals surface area contributed by atoms with Crippen molar-refractivity contribution in [2.75, 3.05) is 5.32 Å². The summed E-state index contributed by atoms with van der Waals surface area (Å²) in [7, 11) is 1.73. The van der Waals surface area contributed by atoms with Crippen molar-refractivity contribution in [3.05, 3.63) is 29.3 Å². The van der Waals surface area contributed by atoms with E-state index in [9.17, 15) is 4.79 Å². The summed E-state index contributed by atoms with van der Waals surface area (Å²) in [6.45, 7) is 1.79. The maximum atomic E-state index is 12.0. The van der Waals surface area contributed by atoms with E-state index in [0.29, 0.717) is 15.9 Å². The molecule has 2 aromatic rings. The van der Waals surface area contributed by atoms with Crippen LogP contribution in [-0.4, -0.2) is 31.4 Å². The van der Waals surface area contributed by atoms with Gasteiger partial charge in [-0.3, -0.25) is 4.79 Å². The number of nitrogens with one attached hydrogen (secondary N) is 1. The first-order valence-corrected chi connectivity index (χ1v) is 6.77. The van der Waals surface area contributed by atoms with Gasteiger partial charge in [0.2, 0.25) is 11.1 Å². The van der Waals surface area contributed by atoms with Crippen LogP contribution >= 0.6 is 23.4 Å². The number of carbonyl (C=O) groups excluding carboxylic acids is 1. The zero-order valence-electron chi connectivity index (χ0n) is 10.4. The molecule has 0 bridgehead atoms. The number of benzene rings is 1. The number of thioether (sulfide) groups is 1. The van der Waals surface area contributed by atoms with Gasteiger partial charge in [-0.2, -0.15) is 0 Å². The minimum atomic E-state index is -0.316. The fourth-order valence-corrected chi connectivity index (χ4v) is 2.29. The highest BCUT2D eigenvalue weighted by Crippen LogP contribution is 2.21. The average molecular weight is 298 g/mol. The Morgan fingerprint density at radius 2 is 2.32 bits per heavy atom. The molecule has 2 rings (SSSR count). The monoisotopic (exact) mass is 297 g/mol. The molecule has 0 saturated carbocycles. The van der Waals surface area contributed by atoms with Crippen LogP contribution in [0.2, 0.25) is 5.02 Å². The van der Waals surface area contributed by atoms with Gasteiger partial charge in [-0.05, 0) is 35.5 Å². The van der Waals surface area contributed by atoms with Crippen LogP contribution in [0.5, 0.6) is 0 Å². The van der Waals surface area contributed by atoms with Crippen molar-refractivity contribution in [1.82, 2.24) is 20.2 Å². The van der Waals surface area contributed by atoms with Gasteiger partial charge in [0.15, 0.2) is 0 Å². The van der Waals surface area contributed by atoms with E-state index in [-0.39, 0.29) is 11.2 Å². The van der Waals surface area contributed by atoms with Crippen molar-refractivity contribution < 1.29 is 4.79 Å². The maximum Gasteiger partial charge on any atom is 0.237 e. The molecule has 0 aliphatic rings. The topological polar surface area (TPSA) is 72.7 Å². The number of amides is 1. The summed E-state index contributed by atoms with van der Waals surface area (Å²) in [5.74, 6) is -0.129. The van der Waals surface area contributed by atoms with Crippen LogP contribution in [0.4, 0.5) is 5.69 Å². The molecule has 6 nitrogen and oxygen atoms in total. The Bertz CT molecular complexity index is 588. The number of tetrazole rings is 1. The zero-order valence-corrected chi connectivity index (χ0v) is 11.9. The normalized spacial score (nSPS) is 12.2. The van der Waals surface area contributed by atoms with E-state index in [1.165, 1.54) is 16.4 Å². The number of halogens is 1. The summed E-state index contributed by atoms with van der Waals surface area (Å²) in [6, 6.07) is 7.01. The fraction of sp³-hybridized carbons (Fsp3) is 0.273. The molecule has 19 heavy (non-hydrogen) atoms. The lowest BCUT2D eigenvalue weighted by Crippen LogP contribution is -2.22.